The Morgan fingerprint density at radius 1 is 0.800 bits per heavy atom. The third-order valence-electron chi connectivity index (χ3n) is 0. The van der Waals surface area contributed by atoms with E-state index in [1.54, 1.807) is 0 Å². The van der Waals surface area contributed by atoms with Crippen LogP contribution < -0.4 is 0 Å². The number of hydrogen-bond acceptors (Lipinski definition) is 0. The Hall–Kier alpha value is 1.94. The summed E-state index contributed by atoms with van der Waals surface area (Å²) in [6.45, 7) is -0.944. The molecule has 0 radical (unpaired) electrons. The molecule has 0 aliphatic rings. The second kappa shape index (κ2) is 2.30. The second-order valence-corrected chi connectivity index (χ2v) is 27.0. The van der Waals surface area contributed by atoms with Gasteiger partial charge in [0.05, 0.1) is 0 Å². The van der Waals surface area contributed by atoms with E-state index >= 15 is 0 Å². The van der Waals surface area contributed by atoms with Gasteiger partial charge in [-0.25, -0.2) is 0 Å². The minimum Gasteiger partial charge on any atom is -0.136 e. The molecule has 0 amide bonds. The van der Waals surface area contributed by atoms with Gasteiger partial charge in [0, 0.05) is 0 Å². The Morgan fingerprint density at radius 3 is 0.800 bits per heavy atom. The van der Waals surface area contributed by atoms with Gasteiger partial charge in [-0.05, 0) is 0 Å². The molecule has 4 atom stereocenters. The first-order chi connectivity index (χ1) is 2.00. The molecule has 0 N–H and O–H groups in total. The fraction of sp³-hybridized carbons (Fsp3) is 0. The van der Waals surface area contributed by atoms with Gasteiger partial charge >= 0.3 is 0 Å². The lowest BCUT2D eigenvalue weighted by Crippen LogP contribution is -1.85. The Kier molecular flexibility index (Phi) is 3.19. The standard InChI is InChI=1S/H8P4Si/c1-5(2,3)4/h1-4H2. The molecule has 4 unspecified atom stereocenters. The van der Waals surface area contributed by atoms with Crippen LogP contribution in [0.25, 0.3) is 0 Å². The molecule has 0 aromatic rings. The van der Waals surface area contributed by atoms with Gasteiger partial charge in [0.25, 0.3) is 0 Å². The molecule has 0 saturated carbocycles. The maximum Gasteiger partial charge on any atom is 0.135 e. The monoisotopic (exact) mass is 160 g/mol. The lowest BCUT2D eigenvalue weighted by atomic mass is 27.1. The minimum atomic E-state index is -0.944. The maximum atomic E-state index is 2.74. The fourth-order valence-corrected chi connectivity index (χ4v) is 0. The van der Waals surface area contributed by atoms with Crippen LogP contribution in [0.3, 0.4) is 0 Å². The van der Waals surface area contributed by atoms with E-state index in [9.17, 15) is 0 Å². The van der Waals surface area contributed by atoms with Crippen LogP contribution in [-0.2, 0) is 0 Å². The molecule has 0 aromatic heterocycles. The second-order valence-electron chi connectivity index (χ2n) is 1.00. The van der Waals surface area contributed by atoms with Crippen molar-refractivity contribution < 1.29 is 0 Å². The summed E-state index contributed by atoms with van der Waals surface area (Å²) >= 11 is 0. The van der Waals surface area contributed by atoms with Gasteiger partial charge in [0.15, 0.2) is 0 Å². The van der Waals surface area contributed by atoms with E-state index in [1.165, 1.54) is 0 Å². The maximum absolute atomic E-state index is 2.74. The molecule has 0 heterocycles. The van der Waals surface area contributed by atoms with Crippen molar-refractivity contribution in [2.24, 2.45) is 0 Å². The first-order valence-corrected chi connectivity index (χ1v) is 10.4. The van der Waals surface area contributed by atoms with Gasteiger partial charge in [-0.15, -0.1) is 35.2 Å². The van der Waals surface area contributed by atoms with E-state index < -0.39 is 6.74 Å². The summed E-state index contributed by atoms with van der Waals surface area (Å²) in [5, 5.41) is 0. The van der Waals surface area contributed by atoms with Crippen molar-refractivity contribution in [2.45, 2.75) is 0 Å². The molecule has 32 valence electrons. The van der Waals surface area contributed by atoms with Gasteiger partial charge in [-0.2, -0.15) is 0 Å². The number of hydrogen-bond donors (Lipinski definition) is 0. The Labute approximate surface area is 42.5 Å². The molecular weight excluding hydrogens is 152 g/mol. The molecule has 0 rings (SSSR count). The third-order valence-corrected chi connectivity index (χ3v) is 0. The lowest BCUT2D eigenvalue weighted by Gasteiger charge is -2.00. The SMILES string of the molecule is P[Si](P)(P)P. The van der Waals surface area contributed by atoms with Gasteiger partial charge in [0.2, 0.25) is 0 Å². The summed E-state index contributed by atoms with van der Waals surface area (Å²) in [4.78, 5) is 0. The molecule has 0 aromatic carbocycles. The highest BCUT2D eigenvalue weighted by molar-refractivity contribution is 8.42. The molecule has 0 fully saturated rings. The van der Waals surface area contributed by atoms with Crippen LogP contribution in [0.1, 0.15) is 0 Å². The largest absolute Gasteiger partial charge is 0.136 e. The average Bonchev–Trinajstić information content (AvgIpc) is 0.722. The van der Waals surface area contributed by atoms with E-state index in [0.29, 0.717) is 0 Å². The van der Waals surface area contributed by atoms with Crippen molar-refractivity contribution in [1.82, 2.24) is 0 Å². The topological polar surface area (TPSA) is 0 Å². The summed E-state index contributed by atoms with van der Waals surface area (Å²) in [7, 11) is 11.0. The van der Waals surface area contributed by atoms with Gasteiger partial charge < -0.3 is 0 Å². The summed E-state index contributed by atoms with van der Waals surface area (Å²) in [6, 6.07) is 0. The van der Waals surface area contributed by atoms with E-state index in [4.69, 9.17) is 0 Å². The summed E-state index contributed by atoms with van der Waals surface area (Å²) < 4.78 is 0. The van der Waals surface area contributed by atoms with Gasteiger partial charge in [0.1, 0.15) is 6.74 Å². The summed E-state index contributed by atoms with van der Waals surface area (Å²) in [5.74, 6) is 0. The van der Waals surface area contributed by atoms with Crippen molar-refractivity contribution >= 4 is 41.9 Å². The quantitative estimate of drug-likeness (QED) is 0.365. The molecule has 0 aliphatic heterocycles. The highest BCUT2D eigenvalue weighted by atomic mass is 32.0. The van der Waals surface area contributed by atoms with E-state index in [-0.39, 0.29) is 0 Å². The molecule has 0 nitrogen and oxygen atoms in total. The fourth-order valence-electron chi connectivity index (χ4n) is 0. The lowest BCUT2D eigenvalue weighted by molar-refractivity contribution is 4.25. The van der Waals surface area contributed by atoms with Crippen LogP contribution in [0, 0.1) is 0 Å². The van der Waals surface area contributed by atoms with Crippen LogP contribution in [0.2, 0.25) is 0 Å². The molecule has 5 heavy (non-hydrogen) atoms. The highest BCUT2D eigenvalue weighted by Gasteiger charge is 2.01. The summed E-state index contributed by atoms with van der Waals surface area (Å²) in [6.07, 6.45) is 0. The summed E-state index contributed by atoms with van der Waals surface area (Å²) in [5.41, 5.74) is 0. The zero-order valence-corrected chi connectivity index (χ0v) is 8.43. The molecule has 0 bridgehead atoms. The van der Waals surface area contributed by atoms with Gasteiger partial charge in [-0.1, -0.05) is 0 Å². The van der Waals surface area contributed by atoms with Crippen molar-refractivity contribution in [3.63, 3.8) is 0 Å². The predicted molar refractivity (Wildman–Crippen MR) is 44.6 cm³/mol. The first-order valence-electron chi connectivity index (χ1n) is 1.15. The predicted octanol–water partition coefficient (Wildman–Crippen LogP) is 0.922. The number of rotatable bonds is 0. The van der Waals surface area contributed by atoms with Crippen LogP contribution >= 0.6 is 35.2 Å². The molecule has 0 spiro atoms. The van der Waals surface area contributed by atoms with Crippen LogP contribution in [0.4, 0.5) is 0 Å². The van der Waals surface area contributed by atoms with Crippen molar-refractivity contribution in [1.29, 1.82) is 0 Å². The first kappa shape index (κ1) is 6.94. The zero-order chi connectivity index (χ0) is 4.50. The van der Waals surface area contributed by atoms with Crippen LogP contribution in [-0.4, -0.2) is 6.74 Å². The Bertz CT molecular complexity index is 19.1. The zero-order valence-electron chi connectivity index (χ0n) is 2.81. The van der Waals surface area contributed by atoms with Crippen molar-refractivity contribution in [3.8, 4) is 0 Å². The van der Waals surface area contributed by atoms with E-state index in [0.717, 1.165) is 0 Å². The van der Waals surface area contributed by atoms with Crippen molar-refractivity contribution in [2.75, 3.05) is 0 Å². The molecular formula is H8P4Si. The van der Waals surface area contributed by atoms with Gasteiger partial charge in [-0.3, -0.25) is 0 Å². The highest BCUT2D eigenvalue weighted by Crippen LogP contribution is 2.34. The minimum absolute atomic E-state index is 0.944. The van der Waals surface area contributed by atoms with E-state index in [1.807, 2.05) is 0 Å². The molecule has 5 heteroatoms. The van der Waals surface area contributed by atoms with Crippen LogP contribution in [0.5, 0.6) is 0 Å². The molecule has 0 saturated heterocycles. The normalized spacial score (nSPS) is 12.0. The molecule has 0 aliphatic carbocycles. The third kappa shape index (κ3) is 24.5. The smallest absolute Gasteiger partial charge is 0.135 e. The van der Waals surface area contributed by atoms with Crippen LogP contribution in [0.15, 0.2) is 0 Å². The van der Waals surface area contributed by atoms with E-state index in [2.05, 4.69) is 35.2 Å². The van der Waals surface area contributed by atoms with Crippen molar-refractivity contribution in [3.05, 3.63) is 0 Å². The Balaban J connectivity index is 3.02. The average molecular weight is 160 g/mol. The Morgan fingerprint density at radius 2 is 0.800 bits per heavy atom.